The van der Waals surface area contributed by atoms with E-state index in [1.165, 1.54) is 54.4 Å². The molecule has 0 bridgehead atoms. The molecular weight excluding hydrogens is 252 g/mol. The van der Waals surface area contributed by atoms with Crippen molar-refractivity contribution >= 4 is 11.6 Å². The largest absolute Gasteiger partial charge is 0.0807 e. The molecule has 106 valence electrons. The second kappa shape index (κ2) is 7.08. The van der Waals surface area contributed by atoms with Crippen molar-refractivity contribution in [2.24, 2.45) is 0 Å². The average Bonchev–Trinajstić information content (AvgIpc) is 2.84. The molecule has 0 saturated heterocycles. The van der Waals surface area contributed by atoms with Crippen LogP contribution in [0.25, 0.3) is 11.6 Å². The van der Waals surface area contributed by atoms with Crippen LogP contribution in [0.3, 0.4) is 0 Å². The van der Waals surface area contributed by atoms with Crippen LogP contribution in [-0.4, -0.2) is 0 Å². The Morgan fingerprint density at radius 2 is 1.48 bits per heavy atom. The maximum atomic E-state index is 2.45. The molecule has 0 spiro atoms. The highest BCUT2D eigenvalue weighted by Crippen LogP contribution is 2.31. The Hall–Kier alpha value is -2.08. The van der Waals surface area contributed by atoms with Gasteiger partial charge in [-0.3, -0.25) is 0 Å². The van der Waals surface area contributed by atoms with Crippen LogP contribution in [0.1, 0.15) is 43.2 Å². The van der Waals surface area contributed by atoms with Crippen LogP contribution in [0.5, 0.6) is 0 Å². The number of allylic oxidation sites excluding steroid dienone is 3. The summed E-state index contributed by atoms with van der Waals surface area (Å²) in [6, 6.07) is 21.4. The molecule has 0 heterocycles. The zero-order valence-corrected chi connectivity index (χ0v) is 12.5. The molecule has 0 unspecified atom stereocenters. The summed E-state index contributed by atoms with van der Waals surface area (Å²) in [6.07, 6.45) is 11.2. The monoisotopic (exact) mass is 274 g/mol. The quantitative estimate of drug-likeness (QED) is 0.592. The first kappa shape index (κ1) is 13.9. The van der Waals surface area contributed by atoms with E-state index < -0.39 is 0 Å². The molecule has 0 saturated carbocycles. The number of hydrogen-bond donors (Lipinski definition) is 0. The maximum Gasteiger partial charge on any atom is -0.0149 e. The predicted octanol–water partition coefficient (Wildman–Crippen LogP) is 6.12. The molecule has 1 aliphatic rings. The van der Waals surface area contributed by atoms with Crippen molar-refractivity contribution in [2.75, 3.05) is 0 Å². The summed E-state index contributed by atoms with van der Waals surface area (Å²) in [5.74, 6) is 0. The van der Waals surface area contributed by atoms with Gasteiger partial charge in [-0.05, 0) is 54.0 Å². The van der Waals surface area contributed by atoms with Gasteiger partial charge in [0.1, 0.15) is 0 Å². The van der Waals surface area contributed by atoms with E-state index in [1.807, 2.05) is 0 Å². The molecule has 21 heavy (non-hydrogen) atoms. The minimum absolute atomic E-state index is 1.20. The Morgan fingerprint density at radius 1 is 0.762 bits per heavy atom. The molecule has 2 aromatic carbocycles. The summed E-state index contributed by atoms with van der Waals surface area (Å²) in [5, 5.41) is 0. The van der Waals surface area contributed by atoms with Gasteiger partial charge >= 0.3 is 0 Å². The highest BCUT2D eigenvalue weighted by molar-refractivity contribution is 5.90. The maximum absolute atomic E-state index is 2.45. The highest BCUT2D eigenvalue weighted by Gasteiger charge is 2.10. The lowest BCUT2D eigenvalue weighted by Gasteiger charge is -2.12. The first-order valence-corrected chi connectivity index (χ1v) is 7.95. The topological polar surface area (TPSA) is 0 Å². The predicted molar refractivity (Wildman–Crippen MR) is 91.9 cm³/mol. The number of rotatable bonds is 3. The van der Waals surface area contributed by atoms with Crippen LogP contribution < -0.4 is 0 Å². The third-order valence-electron chi connectivity index (χ3n) is 4.08. The van der Waals surface area contributed by atoms with Gasteiger partial charge < -0.3 is 0 Å². The summed E-state index contributed by atoms with van der Waals surface area (Å²) in [7, 11) is 0. The fourth-order valence-corrected chi connectivity index (χ4v) is 2.95. The van der Waals surface area contributed by atoms with Gasteiger partial charge in [-0.1, -0.05) is 73.2 Å². The molecule has 0 heteroatoms. The van der Waals surface area contributed by atoms with Crippen LogP contribution >= 0.6 is 0 Å². The molecular formula is C21H22. The lowest BCUT2D eigenvalue weighted by molar-refractivity contribution is 0.714. The van der Waals surface area contributed by atoms with Crippen molar-refractivity contribution in [3.8, 4) is 0 Å². The van der Waals surface area contributed by atoms with Gasteiger partial charge in [-0.2, -0.15) is 0 Å². The Morgan fingerprint density at radius 3 is 2.24 bits per heavy atom. The molecule has 0 aliphatic heterocycles. The van der Waals surface area contributed by atoms with E-state index in [0.717, 1.165) is 0 Å². The first-order valence-electron chi connectivity index (χ1n) is 7.95. The van der Waals surface area contributed by atoms with Crippen LogP contribution in [-0.2, 0) is 0 Å². The van der Waals surface area contributed by atoms with E-state index in [0.29, 0.717) is 0 Å². The van der Waals surface area contributed by atoms with Crippen LogP contribution in [0.15, 0.2) is 72.3 Å². The molecule has 0 radical (unpaired) electrons. The van der Waals surface area contributed by atoms with Crippen molar-refractivity contribution < 1.29 is 0 Å². The smallest absolute Gasteiger partial charge is 0.0149 e. The van der Waals surface area contributed by atoms with E-state index in [9.17, 15) is 0 Å². The van der Waals surface area contributed by atoms with Gasteiger partial charge in [0, 0.05) is 0 Å². The molecule has 2 aromatic rings. The molecule has 0 nitrogen and oxygen atoms in total. The van der Waals surface area contributed by atoms with Gasteiger partial charge in [0.2, 0.25) is 0 Å². The molecule has 0 N–H and O–H groups in total. The van der Waals surface area contributed by atoms with E-state index in [1.54, 1.807) is 0 Å². The van der Waals surface area contributed by atoms with Gasteiger partial charge in [0.25, 0.3) is 0 Å². The third-order valence-corrected chi connectivity index (χ3v) is 4.08. The minimum Gasteiger partial charge on any atom is -0.0807 e. The van der Waals surface area contributed by atoms with Crippen molar-refractivity contribution in [3.63, 3.8) is 0 Å². The van der Waals surface area contributed by atoms with E-state index in [4.69, 9.17) is 0 Å². The zero-order chi connectivity index (χ0) is 14.3. The second-order valence-corrected chi connectivity index (χ2v) is 5.66. The van der Waals surface area contributed by atoms with Gasteiger partial charge in [0.15, 0.2) is 0 Å². The number of benzene rings is 2. The number of hydrogen-bond acceptors (Lipinski definition) is 0. The minimum atomic E-state index is 1.20. The Bertz CT molecular complexity index is 618. The Labute approximate surface area is 127 Å². The molecule has 0 atom stereocenters. The van der Waals surface area contributed by atoms with E-state index >= 15 is 0 Å². The summed E-state index contributed by atoms with van der Waals surface area (Å²) < 4.78 is 0. The lowest BCUT2D eigenvalue weighted by atomic mass is 9.92. The van der Waals surface area contributed by atoms with Crippen LogP contribution in [0.4, 0.5) is 0 Å². The fraction of sp³-hybridized carbons (Fsp3) is 0.238. The summed E-state index contributed by atoms with van der Waals surface area (Å²) in [6.45, 7) is 0. The highest BCUT2D eigenvalue weighted by atomic mass is 14.1. The summed E-state index contributed by atoms with van der Waals surface area (Å²) >= 11 is 0. The molecule has 0 aromatic heterocycles. The standard InChI is InChI=1S/C21H22/c1-2-8-14-19(13-7-1)21(20-15-9-4-10-16-20)17-18-11-5-3-6-12-18/h3-6,9-13,15-17H,1-2,7-8,14H2/b21-17+. The summed E-state index contributed by atoms with van der Waals surface area (Å²) in [4.78, 5) is 0. The normalized spacial score (nSPS) is 16.2. The van der Waals surface area contributed by atoms with Crippen molar-refractivity contribution in [1.82, 2.24) is 0 Å². The Balaban J connectivity index is 2.03. The molecule has 0 fully saturated rings. The van der Waals surface area contributed by atoms with Crippen LogP contribution in [0.2, 0.25) is 0 Å². The third kappa shape index (κ3) is 3.72. The van der Waals surface area contributed by atoms with Crippen molar-refractivity contribution in [2.45, 2.75) is 32.1 Å². The fourth-order valence-electron chi connectivity index (χ4n) is 2.95. The molecule has 1 aliphatic carbocycles. The Kier molecular flexibility index (Phi) is 4.68. The van der Waals surface area contributed by atoms with E-state index in [2.05, 4.69) is 72.8 Å². The van der Waals surface area contributed by atoms with E-state index in [-0.39, 0.29) is 0 Å². The second-order valence-electron chi connectivity index (χ2n) is 5.66. The van der Waals surface area contributed by atoms with Crippen molar-refractivity contribution in [1.29, 1.82) is 0 Å². The SMILES string of the molecule is C1=C(/C(=C\c2ccccc2)c2ccccc2)CCCCC1. The molecule has 3 rings (SSSR count). The van der Waals surface area contributed by atoms with Gasteiger partial charge in [-0.15, -0.1) is 0 Å². The summed E-state index contributed by atoms with van der Waals surface area (Å²) in [5.41, 5.74) is 5.52. The van der Waals surface area contributed by atoms with Crippen LogP contribution in [0, 0.1) is 0 Å². The van der Waals surface area contributed by atoms with Gasteiger partial charge in [0.05, 0.1) is 0 Å². The first-order chi connectivity index (χ1) is 10.4. The van der Waals surface area contributed by atoms with Gasteiger partial charge in [-0.25, -0.2) is 0 Å². The average molecular weight is 274 g/mol. The van der Waals surface area contributed by atoms with Crippen molar-refractivity contribution in [3.05, 3.63) is 83.4 Å². The lowest BCUT2D eigenvalue weighted by Crippen LogP contribution is -1.90. The molecule has 0 amide bonds. The zero-order valence-electron chi connectivity index (χ0n) is 12.5.